The van der Waals surface area contributed by atoms with Gasteiger partial charge in [0.25, 0.3) is 0 Å². The minimum absolute atomic E-state index is 0.0675. The van der Waals surface area contributed by atoms with Gasteiger partial charge in [0, 0.05) is 12.8 Å². The van der Waals surface area contributed by atoms with Crippen LogP contribution in [0.15, 0.2) is 11.4 Å². The summed E-state index contributed by atoms with van der Waals surface area (Å²) < 4.78 is 0. The lowest BCUT2D eigenvalue weighted by Crippen LogP contribution is -3.08. The number of hydrogen-bond donors (Lipinski definition) is 2. The van der Waals surface area contributed by atoms with E-state index in [9.17, 15) is 10.4 Å². The molecule has 0 bridgehead atoms. The summed E-state index contributed by atoms with van der Waals surface area (Å²) in [5.74, 6) is 0. The van der Waals surface area contributed by atoms with Crippen LogP contribution in [0.4, 0.5) is 0 Å². The van der Waals surface area contributed by atoms with E-state index in [1.807, 2.05) is 0 Å². The highest BCUT2D eigenvalue weighted by molar-refractivity contribution is 5.03. The van der Waals surface area contributed by atoms with Gasteiger partial charge in [0.05, 0.1) is 14.1 Å². The summed E-state index contributed by atoms with van der Waals surface area (Å²) in [6.45, 7) is 4.40. The van der Waals surface area contributed by atoms with Gasteiger partial charge in [-0.15, -0.1) is 0 Å². The average molecular weight is 214 g/mol. The molecule has 0 aliphatic heterocycles. The van der Waals surface area contributed by atoms with Gasteiger partial charge in [-0.2, -0.15) is 0 Å². The molecule has 0 spiro atoms. The van der Waals surface area contributed by atoms with Crippen molar-refractivity contribution in [2.75, 3.05) is 14.1 Å². The molecule has 4 nitrogen and oxygen atoms in total. The molecule has 4 heteroatoms. The van der Waals surface area contributed by atoms with Gasteiger partial charge >= 0.3 is 0 Å². The second-order valence-corrected chi connectivity index (χ2v) is 5.23. The summed E-state index contributed by atoms with van der Waals surface area (Å²) >= 11 is 0. The SMILES string of the molecule is C[NH+]([O-])C1=C([NH+](C)[O-])CCC(C)(C)CC1. The molecule has 1 rings (SSSR count). The average Bonchev–Trinajstić information content (AvgIpc) is 2.23. The Morgan fingerprint density at radius 2 is 1.27 bits per heavy atom. The van der Waals surface area contributed by atoms with Gasteiger partial charge in [0.2, 0.25) is 0 Å². The van der Waals surface area contributed by atoms with E-state index < -0.39 is 0 Å². The van der Waals surface area contributed by atoms with Crippen LogP contribution in [0.2, 0.25) is 0 Å². The van der Waals surface area contributed by atoms with E-state index in [2.05, 4.69) is 13.8 Å². The van der Waals surface area contributed by atoms with Crippen LogP contribution in [0.1, 0.15) is 39.5 Å². The maximum Gasteiger partial charge on any atom is 0.164 e. The van der Waals surface area contributed by atoms with Gasteiger partial charge in [0.15, 0.2) is 11.4 Å². The standard InChI is InChI=1S/C11H22N2O2/c1-11(2)7-5-9(12(3)14)10(6-8-11)13(4)15/h12-13H,5-8H2,1-4H3. The van der Waals surface area contributed by atoms with Crippen LogP contribution in [0.5, 0.6) is 0 Å². The van der Waals surface area contributed by atoms with E-state index in [-0.39, 0.29) is 15.5 Å². The molecule has 2 unspecified atom stereocenters. The topological polar surface area (TPSA) is 55.0 Å². The van der Waals surface area contributed by atoms with Crippen molar-refractivity contribution in [3.63, 3.8) is 0 Å². The quantitative estimate of drug-likeness (QED) is 0.627. The van der Waals surface area contributed by atoms with E-state index in [0.717, 1.165) is 37.1 Å². The lowest BCUT2D eigenvalue weighted by atomic mass is 9.84. The van der Waals surface area contributed by atoms with Crippen LogP contribution in [-0.4, -0.2) is 14.1 Å². The number of hydrogen-bond acceptors (Lipinski definition) is 2. The highest BCUT2D eigenvalue weighted by Gasteiger charge is 2.28. The highest BCUT2D eigenvalue weighted by atomic mass is 16.5. The maximum absolute atomic E-state index is 11.5. The summed E-state index contributed by atoms with van der Waals surface area (Å²) in [5, 5.41) is 23.1. The van der Waals surface area contributed by atoms with Crippen molar-refractivity contribution in [2.45, 2.75) is 39.5 Å². The third-order valence-corrected chi connectivity index (χ3v) is 3.32. The molecule has 88 valence electrons. The second-order valence-electron chi connectivity index (χ2n) is 5.23. The molecule has 15 heavy (non-hydrogen) atoms. The maximum atomic E-state index is 11.5. The molecule has 2 N–H and O–H groups in total. The summed E-state index contributed by atoms with van der Waals surface area (Å²) in [4.78, 5) is 0. The van der Waals surface area contributed by atoms with Crippen molar-refractivity contribution >= 4 is 0 Å². The van der Waals surface area contributed by atoms with Crippen molar-refractivity contribution in [2.24, 2.45) is 5.41 Å². The largest absolute Gasteiger partial charge is 0.629 e. The Morgan fingerprint density at radius 1 is 0.933 bits per heavy atom. The molecule has 0 saturated heterocycles. The van der Waals surface area contributed by atoms with Crippen molar-refractivity contribution < 1.29 is 10.1 Å². The van der Waals surface area contributed by atoms with Crippen LogP contribution in [-0.2, 0) is 0 Å². The Hall–Kier alpha value is -0.420. The Bertz CT molecular complexity index is 233. The first-order chi connectivity index (χ1) is 6.83. The monoisotopic (exact) mass is 214 g/mol. The molecule has 2 atom stereocenters. The fourth-order valence-corrected chi connectivity index (χ4v) is 2.13. The predicted molar refractivity (Wildman–Crippen MR) is 59.8 cm³/mol. The molecule has 0 amide bonds. The van der Waals surface area contributed by atoms with E-state index in [1.165, 1.54) is 0 Å². The van der Waals surface area contributed by atoms with E-state index in [0.29, 0.717) is 0 Å². The van der Waals surface area contributed by atoms with Gasteiger partial charge < -0.3 is 20.5 Å². The molecule has 0 aromatic rings. The summed E-state index contributed by atoms with van der Waals surface area (Å²) in [5.41, 5.74) is 1.79. The summed E-state index contributed by atoms with van der Waals surface area (Å²) in [6.07, 6.45) is 3.52. The lowest BCUT2D eigenvalue weighted by molar-refractivity contribution is -0.821. The molecular weight excluding hydrogens is 192 g/mol. The van der Waals surface area contributed by atoms with Crippen LogP contribution in [0.25, 0.3) is 0 Å². The van der Waals surface area contributed by atoms with Gasteiger partial charge in [-0.05, 0) is 18.3 Å². The zero-order chi connectivity index (χ0) is 11.6. The fraction of sp³-hybridized carbons (Fsp3) is 0.818. The second kappa shape index (κ2) is 4.61. The Morgan fingerprint density at radius 3 is 1.53 bits per heavy atom. The van der Waals surface area contributed by atoms with Gasteiger partial charge in [-0.25, -0.2) is 0 Å². The molecule has 0 fully saturated rings. The molecular formula is C11H22N2O2. The van der Waals surface area contributed by atoms with Crippen molar-refractivity contribution in [3.05, 3.63) is 21.8 Å². The molecule has 0 heterocycles. The molecule has 0 aromatic carbocycles. The van der Waals surface area contributed by atoms with Gasteiger partial charge in [0.1, 0.15) is 0 Å². The third-order valence-electron chi connectivity index (χ3n) is 3.32. The molecule has 1 aliphatic rings. The minimum Gasteiger partial charge on any atom is -0.629 e. The predicted octanol–water partition coefficient (Wildman–Crippen LogP) is -0.177. The van der Waals surface area contributed by atoms with Crippen molar-refractivity contribution in [3.8, 4) is 0 Å². The third kappa shape index (κ3) is 3.28. The highest BCUT2D eigenvalue weighted by Crippen LogP contribution is 2.33. The van der Waals surface area contributed by atoms with Gasteiger partial charge in [-0.1, -0.05) is 13.8 Å². The van der Waals surface area contributed by atoms with Gasteiger partial charge in [-0.3, -0.25) is 0 Å². The lowest BCUT2D eigenvalue weighted by Gasteiger charge is -2.25. The number of quaternary nitrogens is 2. The van der Waals surface area contributed by atoms with Crippen molar-refractivity contribution in [1.82, 2.24) is 0 Å². The number of hydroxylamine groups is 4. The Balaban J connectivity index is 2.91. The molecule has 1 aliphatic carbocycles. The number of allylic oxidation sites excluding steroid dienone is 2. The first kappa shape index (κ1) is 12.6. The van der Waals surface area contributed by atoms with E-state index in [1.54, 1.807) is 14.1 Å². The Kier molecular flexibility index (Phi) is 3.89. The molecule has 0 aromatic heterocycles. The normalized spacial score (nSPS) is 26.0. The Labute approximate surface area is 91.7 Å². The number of rotatable bonds is 2. The summed E-state index contributed by atoms with van der Waals surface area (Å²) in [6, 6.07) is 0. The first-order valence-electron chi connectivity index (χ1n) is 5.57. The minimum atomic E-state index is 0.0675. The number of nitrogens with one attached hydrogen (secondary N) is 2. The van der Waals surface area contributed by atoms with Crippen LogP contribution >= 0.6 is 0 Å². The fourth-order valence-electron chi connectivity index (χ4n) is 2.13. The zero-order valence-electron chi connectivity index (χ0n) is 10.1. The van der Waals surface area contributed by atoms with Crippen LogP contribution in [0, 0.1) is 15.8 Å². The van der Waals surface area contributed by atoms with E-state index in [4.69, 9.17) is 0 Å². The van der Waals surface area contributed by atoms with Crippen LogP contribution in [0.3, 0.4) is 0 Å². The molecule has 0 saturated carbocycles. The summed E-state index contributed by atoms with van der Waals surface area (Å²) in [7, 11) is 3.13. The van der Waals surface area contributed by atoms with Crippen LogP contribution < -0.4 is 10.1 Å². The molecule has 0 radical (unpaired) electrons. The van der Waals surface area contributed by atoms with Crippen molar-refractivity contribution in [1.29, 1.82) is 0 Å². The zero-order valence-corrected chi connectivity index (χ0v) is 10.1. The smallest absolute Gasteiger partial charge is 0.164 e. The first-order valence-corrected chi connectivity index (χ1v) is 5.57. The van der Waals surface area contributed by atoms with E-state index >= 15 is 0 Å².